The molecule has 8 heteroatoms. The van der Waals surface area contributed by atoms with E-state index in [2.05, 4.69) is 9.72 Å². The normalized spacial score (nSPS) is 11.6. The van der Waals surface area contributed by atoms with Crippen molar-refractivity contribution in [1.82, 2.24) is 4.98 Å². The molecule has 4 rings (SSSR count). The maximum Gasteiger partial charge on any atom is 0.387 e. The molecule has 0 unspecified atom stereocenters. The molecule has 1 aromatic heterocycles. The van der Waals surface area contributed by atoms with Crippen LogP contribution in [0, 0.1) is 0 Å². The Bertz CT molecular complexity index is 1360. The molecule has 5 nitrogen and oxygen atoms in total. The number of hydrogen-bond donors (Lipinski definition) is 0. The van der Waals surface area contributed by atoms with Gasteiger partial charge in [0.25, 0.3) is 0 Å². The number of fused-ring (bicyclic) bond motifs is 1. The van der Waals surface area contributed by atoms with Crippen LogP contribution in [-0.4, -0.2) is 26.3 Å². The predicted molar refractivity (Wildman–Crippen MR) is 118 cm³/mol. The molecule has 0 aliphatic heterocycles. The third-order valence-electron chi connectivity index (χ3n) is 4.79. The second-order valence-electron chi connectivity index (χ2n) is 7.16. The average molecular weight is 455 g/mol. The Hall–Kier alpha value is -3.52. The van der Waals surface area contributed by atoms with Gasteiger partial charge in [0, 0.05) is 23.4 Å². The van der Waals surface area contributed by atoms with Crippen LogP contribution < -0.4 is 9.47 Å². The van der Waals surface area contributed by atoms with Crippen molar-refractivity contribution < 1.29 is 26.7 Å². The minimum Gasteiger partial charge on any atom is -0.489 e. The molecule has 0 aliphatic rings. The van der Waals surface area contributed by atoms with E-state index in [1.807, 2.05) is 24.3 Å². The number of nitrogens with zero attached hydrogens (tertiary/aromatic N) is 1. The lowest BCUT2D eigenvalue weighted by Crippen LogP contribution is -2.02. The minimum atomic E-state index is -3.28. The van der Waals surface area contributed by atoms with Crippen molar-refractivity contribution in [2.24, 2.45) is 0 Å². The van der Waals surface area contributed by atoms with Crippen molar-refractivity contribution >= 4 is 20.7 Å². The Labute approximate surface area is 184 Å². The van der Waals surface area contributed by atoms with Gasteiger partial charge < -0.3 is 9.47 Å². The summed E-state index contributed by atoms with van der Waals surface area (Å²) in [6, 6.07) is 20.2. The van der Waals surface area contributed by atoms with Gasteiger partial charge in [0.2, 0.25) is 0 Å². The number of halogens is 2. The number of alkyl halides is 2. The number of sulfone groups is 1. The topological polar surface area (TPSA) is 65.5 Å². The predicted octanol–water partition coefficient (Wildman–Crippen LogP) is 5.49. The van der Waals surface area contributed by atoms with Crippen LogP contribution in [0.1, 0.15) is 5.56 Å². The Morgan fingerprint density at radius 2 is 1.72 bits per heavy atom. The lowest BCUT2D eigenvalue weighted by Gasteiger charge is -2.13. The first-order valence-corrected chi connectivity index (χ1v) is 11.5. The first kappa shape index (κ1) is 21.7. The van der Waals surface area contributed by atoms with Crippen molar-refractivity contribution in [2.75, 3.05) is 6.26 Å². The van der Waals surface area contributed by atoms with Crippen LogP contribution >= 0.6 is 0 Å². The fourth-order valence-corrected chi connectivity index (χ4v) is 3.98. The highest BCUT2D eigenvalue weighted by Gasteiger charge is 2.12. The molecule has 0 fully saturated rings. The molecule has 0 N–H and O–H groups in total. The molecule has 0 spiro atoms. The summed E-state index contributed by atoms with van der Waals surface area (Å²) in [5, 5.41) is 0.871. The lowest BCUT2D eigenvalue weighted by molar-refractivity contribution is -0.0498. The molecule has 0 aliphatic carbocycles. The van der Waals surface area contributed by atoms with Gasteiger partial charge in [0.1, 0.15) is 18.1 Å². The zero-order valence-corrected chi connectivity index (χ0v) is 17.9. The van der Waals surface area contributed by atoms with E-state index >= 15 is 0 Å². The van der Waals surface area contributed by atoms with E-state index in [0.717, 1.165) is 28.3 Å². The molecular formula is C24H19F2NO4S. The van der Waals surface area contributed by atoms with Gasteiger partial charge in [-0.2, -0.15) is 8.78 Å². The third kappa shape index (κ3) is 5.03. The molecule has 4 aromatic rings. The van der Waals surface area contributed by atoms with Crippen LogP contribution in [0.4, 0.5) is 8.78 Å². The molecule has 32 heavy (non-hydrogen) atoms. The van der Waals surface area contributed by atoms with Gasteiger partial charge in [0.15, 0.2) is 9.84 Å². The number of pyridine rings is 1. The Morgan fingerprint density at radius 1 is 0.938 bits per heavy atom. The van der Waals surface area contributed by atoms with Gasteiger partial charge in [-0.3, -0.25) is 4.98 Å². The van der Waals surface area contributed by atoms with Crippen molar-refractivity contribution in [1.29, 1.82) is 0 Å². The average Bonchev–Trinajstić information content (AvgIpc) is 2.76. The Balaban J connectivity index is 1.65. The number of aromatic nitrogens is 1. The SMILES string of the molecule is CS(=O)(=O)c1ccc(OCc2cc(-c3cccc(OC(F)F)c3)c3ncccc3c2)cc1. The van der Waals surface area contributed by atoms with Crippen molar-refractivity contribution in [3.05, 3.63) is 84.6 Å². The van der Waals surface area contributed by atoms with Crippen LogP contribution in [0.15, 0.2) is 83.9 Å². The summed E-state index contributed by atoms with van der Waals surface area (Å²) in [6.07, 6.45) is 2.82. The summed E-state index contributed by atoms with van der Waals surface area (Å²) >= 11 is 0. The monoisotopic (exact) mass is 455 g/mol. The van der Waals surface area contributed by atoms with E-state index in [-0.39, 0.29) is 17.3 Å². The number of benzene rings is 3. The molecule has 3 aromatic carbocycles. The molecule has 0 radical (unpaired) electrons. The van der Waals surface area contributed by atoms with E-state index in [1.54, 1.807) is 36.5 Å². The molecule has 0 bridgehead atoms. The quantitative estimate of drug-likeness (QED) is 0.369. The first-order valence-electron chi connectivity index (χ1n) is 9.65. The largest absolute Gasteiger partial charge is 0.489 e. The lowest BCUT2D eigenvalue weighted by atomic mass is 9.99. The zero-order chi connectivity index (χ0) is 22.7. The van der Waals surface area contributed by atoms with Gasteiger partial charge in [-0.05, 0) is 65.7 Å². The summed E-state index contributed by atoms with van der Waals surface area (Å²) in [5.41, 5.74) is 3.01. The summed E-state index contributed by atoms with van der Waals surface area (Å²) in [7, 11) is -3.28. The van der Waals surface area contributed by atoms with E-state index in [9.17, 15) is 17.2 Å². The van der Waals surface area contributed by atoms with Crippen LogP contribution in [0.2, 0.25) is 0 Å². The highest BCUT2D eigenvalue weighted by molar-refractivity contribution is 7.90. The second-order valence-corrected chi connectivity index (χ2v) is 9.17. The fourth-order valence-electron chi connectivity index (χ4n) is 3.35. The van der Waals surface area contributed by atoms with Crippen molar-refractivity contribution in [2.45, 2.75) is 18.1 Å². The van der Waals surface area contributed by atoms with Gasteiger partial charge in [-0.1, -0.05) is 18.2 Å². The maximum absolute atomic E-state index is 12.6. The molecule has 0 atom stereocenters. The maximum atomic E-state index is 12.6. The minimum absolute atomic E-state index is 0.0641. The highest BCUT2D eigenvalue weighted by Crippen LogP contribution is 2.32. The highest BCUT2D eigenvalue weighted by atomic mass is 32.2. The van der Waals surface area contributed by atoms with Crippen molar-refractivity contribution in [3.63, 3.8) is 0 Å². The molecular weight excluding hydrogens is 436 g/mol. The summed E-state index contributed by atoms with van der Waals surface area (Å²) in [4.78, 5) is 4.67. The van der Waals surface area contributed by atoms with Crippen LogP contribution in [0.5, 0.6) is 11.5 Å². The standard InChI is InChI=1S/C24H19F2NO4S/c1-32(28,29)21-9-7-19(8-10-21)30-15-16-12-18-5-3-11-27-23(18)22(13-16)17-4-2-6-20(14-17)31-24(25)26/h2-14,24H,15H2,1H3. The van der Waals surface area contributed by atoms with Crippen molar-refractivity contribution in [3.8, 4) is 22.6 Å². The first-order chi connectivity index (χ1) is 15.3. The molecule has 0 saturated heterocycles. The van der Waals surface area contributed by atoms with E-state index in [4.69, 9.17) is 4.74 Å². The molecule has 0 saturated carbocycles. The van der Waals surface area contributed by atoms with E-state index in [1.165, 1.54) is 18.2 Å². The van der Waals surface area contributed by atoms with Gasteiger partial charge in [-0.15, -0.1) is 0 Å². The third-order valence-corrected chi connectivity index (χ3v) is 5.92. The second kappa shape index (κ2) is 8.92. The molecule has 164 valence electrons. The Kier molecular flexibility index (Phi) is 6.05. The van der Waals surface area contributed by atoms with Gasteiger partial charge in [0.05, 0.1) is 10.4 Å². The number of rotatable bonds is 7. The van der Waals surface area contributed by atoms with Gasteiger partial charge >= 0.3 is 6.61 Å². The van der Waals surface area contributed by atoms with Crippen LogP contribution in [-0.2, 0) is 16.4 Å². The van der Waals surface area contributed by atoms with E-state index < -0.39 is 16.4 Å². The van der Waals surface area contributed by atoms with Crippen LogP contribution in [0.25, 0.3) is 22.0 Å². The number of ether oxygens (including phenoxy) is 2. The number of hydrogen-bond acceptors (Lipinski definition) is 5. The van der Waals surface area contributed by atoms with E-state index in [0.29, 0.717) is 11.3 Å². The zero-order valence-electron chi connectivity index (χ0n) is 17.0. The smallest absolute Gasteiger partial charge is 0.387 e. The van der Waals surface area contributed by atoms with Gasteiger partial charge in [-0.25, -0.2) is 8.42 Å². The van der Waals surface area contributed by atoms with Crippen LogP contribution in [0.3, 0.4) is 0 Å². The molecule has 1 heterocycles. The fraction of sp³-hybridized carbons (Fsp3) is 0.125. The Morgan fingerprint density at radius 3 is 2.44 bits per heavy atom. The summed E-state index contributed by atoms with van der Waals surface area (Å²) in [6.45, 7) is -2.68. The molecule has 0 amide bonds. The summed E-state index contributed by atoms with van der Waals surface area (Å²) in [5.74, 6) is 0.590. The summed E-state index contributed by atoms with van der Waals surface area (Å²) < 4.78 is 58.9.